The molecule has 2 aliphatic heterocycles. The van der Waals surface area contributed by atoms with Crippen molar-refractivity contribution in [2.75, 3.05) is 19.8 Å². The Morgan fingerprint density at radius 2 is 2.05 bits per heavy atom. The van der Waals surface area contributed by atoms with Gasteiger partial charge in [-0.2, -0.15) is 5.10 Å². The summed E-state index contributed by atoms with van der Waals surface area (Å²) in [5.41, 5.74) is 2.52. The first-order chi connectivity index (χ1) is 17.9. The van der Waals surface area contributed by atoms with E-state index in [1.807, 2.05) is 0 Å². The van der Waals surface area contributed by atoms with Gasteiger partial charge in [0.05, 0.1) is 25.4 Å². The first-order valence-electron chi connectivity index (χ1n) is 14.1. The molecule has 1 N–H and O–H groups in total. The van der Waals surface area contributed by atoms with Crippen molar-refractivity contribution in [3.05, 3.63) is 39.6 Å². The van der Waals surface area contributed by atoms with E-state index >= 15 is 0 Å². The number of ether oxygens (including phenoxy) is 3. The number of allylic oxidation sites excluding steroid dienone is 2. The van der Waals surface area contributed by atoms with Crippen molar-refractivity contribution in [1.29, 1.82) is 0 Å². The van der Waals surface area contributed by atoms with Crippen LogP contribution in [0.1, 0.15) is 78.0 Å². The molecule has 0 saturated carbocycles. The molecule has 0 amide bonds. The van der Waals surface area contributed by atoms with E-state index in [-0.39, 0.29) is 37.3 Å². The number of hydrogen-bond acceptors (Lipinski definition) is 7. The summed E-state index contributed by atoms with van der Waals surface area (Å²) in [5, 5.41) is 15.4. The number of nitrogens with zero attached hydrogens (tertiary/aromatic N) is 4. The quantitative estimate of drug-likeness (QED) is 0.481. The zero-order chi connectivity index (χ0) is 26.4. The van der Waals surface area contributed by atoms with Crippen molar-refractivity contribution in [2.45, 2.75) is 116 Å². The molecule has 5 atom stereocenters. The van der Waals surface area contributed by atoms with Crippen LogP contribution in [0.4, 0.5) is 0 Å². The number of likely N-dealkylation sites (tertiary alicyclic amines) is 1. The lowest BCUT2D eigenvalue weighted by Gasteiger charge is -2.44. The minimum atomic E-state index is -0.697. The highest BCUT2D eigenvalue weighted by Gasteiger charge is 2.34. The molecule has 9 heteroatoms. The topological polar surface area (TPSA) is 91.0 Å². The fourth-order valence-electron chi connectivity index (χ4n) is 5.77. The van der Waals surface area contributed by atoms with Gasteiger partial charge in [0.2, 0.25) is 0 Å². The fourth-order valence-corrected chi connectivity index (χ4v) is 5.77. The number of aliphatic hydroxyl groups excluding tert-OH is 1. The predicted octanol–water partition coefficient (Wildman–Crippen LogP) is 3.30. The van der Waals surface area contributed by atoms with Gasteiger partial charge in [-0.3, -0.25) is 9.47 Å². The Labute approximate surface area is 221 Å². The maximum atomic E-state index is 12.7. The van der Waals surface area contributed by atoms with Gasteiger partial charge in [0, 0.05) is 32.3 Å². The Bertz CT molecular complexity index is 993. The van der Waals surface area contributed by atoms with Crippen molar-refractivity contribution < 1.29 is 19.3 Å². The van der Waals surface area contributed by atoms with Gasteiger partial charge >= 0.3 is 5.69 Å². The molecular formula is C28H46N4O5. The minimum absolute atomic E-state index is 0.159. The molecule has 208 valence electrons. The number of aliphatic hydroxyl groups is 1. The molecule has 1 aromatic heterocycles. The largest absolute Gasteiger partial charge is 0.390 e. The van der Waals surface area contributed by atoms with Crippen LogP contribution in [0, 0.1) is 0 Å². The van der Waals surface area contributed by atoms with Crippen LogP contribution < -0.4 is 5.69 Å². The van der Waals surface area contributed by atoms with Gasteiger partial charge in [0.15, 0.2) is 12.1 Å². The van der Waals surface area contributed by atoms with E-state index in [1.165, 1.54) is 20.4 Å². The Morgan fingerprint density at radius 3 is 2.78 bits per heavy atom. The summed E-state index contributed by atoms with van der Waals surface area (Å²) in [4.78, 5) is 15.1. The summed E-state index contributed by atoms with van der Waals surface area (Å²) in [5.74, 6) is 0.544. The second kappa shape index (κ2) is 13.3. The lowest BCUT2D eigenvalue weighted by molar-refractivity contribution is -0.170. The van der Waals surface area contributed by atoms with Gasteiger partial charge in [-0.05, 0) is 70.8 Å². The molecule has 1 aliphatic carbocycles. The molecule has 0 radical (unpaired) electrons. The van der Waals surface area contributed by atoms with Crippen LogP contribution in [0.15, 0.2) is 28.1 Å². The highest BCUT2D eigenvalue weighted by atomic mass is 16.7. The average molecular weight is 519 g/mol. The molecule has 0 bridgehead atoms. The molecule has 1 aromatic rings. The number of aromatic nitrogens is 3. The van der Waals surface area contributed by atoms with E-state index in [1.54, 1.807) is 7.05 Å². The molecular weight excluding hydrogens is 472 g/mol. The van der Waals surface area contributed by atoms with Crippen LogP contribution >= 0.6 is 0 Å². The van der Waals surface area contributed by atoms with Crippen molar-refractivity contribution in [2.24, 2.45) is 7.05 Å². The van der Waals surface area contributed by atoms with Gasteiger partial charge in [0.25, 0.3) is 0 Å². The molecule has 3 aliphatic rings. The third-order valence-corrected chi connectivity index (χ3v) is 8.15. The normalized spacial score (nSPS) is 28.1. The third-order valence-electron chi connectivity index (χ3n) is 8.15. The van der Waals surface area contributed by atoms with Gasteiger partial charge < -0.3 is 19.3 Å². The van der Waals surface area contributed by atoms with E-state index in [0.717, 1.165) is 51.4 Å². The van der Waals surface area contributed by atoms with E-state index < -0.39 is 6.10 Å². The van der Waals surface area contributed by atoms with E-state index in [2.05, 4.69) is 42.9 Å². The second-order valence-corrected chi connectivity index (χ2v) is 11.0. The molecule has 3 heterocycles. The minimum Gasteiger partial charge on any atom is -0.390 e. The first-order valence-corrected chi connectivity index (χ1v) is 14.1. The lowest BCUT2D eigenvalue weighted by Crippen LogP contribution is -2.53. The van der Waals surface area contributed by atoms with E-state index in [0.29, 0.717) is 31.6 Å². The number of rotatable bonds is 11. The Balaban J connectivity index is 1.29. The van der Waals surface area contributed by atoms with Crippen LogP contribution in [-0.4, -0.2) is 74.7 Å². The highest BCUT2D eigenvalue weighted by Crippen LogP contribution is 2.29. The second-order valence-electron chi connectivity index (χ2n) is 11.0. The molecule has 2 saturated heterocycles. The molecule has 37 heavy (non-hydrogen) atoms. The standard InChI is InChI=1S/C28H46N4O5/c1-5-23-15-25(36-18-22-11-7-6-10-20(22)2)14-21(3)31(23)16-24(33)17-32-28(34)30(4)26(29-32)19-37-27-12-8-9-13-35-27/h7,11,21,23-25,27,33H,5-6,8-10,12-19H2,1-4H3. The Kier molecular flexibility index (Phi) is 10.2. The van der Waals surface area contributed by atoms with Crippen LogP contribution in [0.25, 0.3) is 0 Å². The molecule has 4 rings (SSSR count). The summed E-state index contributed by atoms with van der Waals surface area (Å²) in [6, 6.07) is 0.621. The fraction of sp³-hybridized carbons (Fsp3) is 0.786. The van der Waals surface area contributed by atoms with Crippen LogP contribution in [0.2, 0.25) is 0 Å². The Hall–Kier alpha value is -1.78. The maximum Gasteiger partial charge on any atom is 0.345 e. The molecule has 9 nitrogen and oxygen atoms in total. The summed E-state index contributed by atoms with van der Waals surface area (Å²) in [6.45, 7) is 8.88. The summed E-state index contributed by atoms with van der Waals surface area (Å²) in [7, 11) is 1.69. The number of hydrogen-bond donors (Lipinski definition) is 1. The summed E-state index contributed by atoms with van der Waals surface area (Å²) in [6.07, 6.45) is 11.9. The van der Waals surface area contributed by atoms with Crippen molar-refractivity contribution in [3.8, 4) is 0 Å². The van der Waals surface area contributed by atoms with E-state index in [9.17, 15) is 9.90 Å². The monoisotopic (exact) mass is 518 g/mol. The first kappa shape index (κ1) is 28.2. The van der Waals surface area contributed by atoms with Crippen LogP contribution in [-0.2, 0) is 34.4 Å². The smallest absolute Gasteiger partial charge is 0.345 e. The maximum absolute atomic E-state index is 12.7. The van der Waals surface area contributed by atoms with Gasteiger partial charge in [-0.15, -0.1) is 0 Å². The number of β-amino-alcohol motifs (C(OH)–C–C–N with tert-alkyl or cyclic N) is 1. The number of piperidine rings is 1. The Morgan fingerprint density at radius 1 is 1.22 bits per heavy atom. The van der Waals surface area contributed by atoms with Crippen molar-refractivity contribution in [3.63, 3.8) is 0 Å². The van der Waals surface area contributed by atoms with Gasteiger partial charge in [-0.25, -0.2) is 9.48 Å². The molecule has 5 unspecified atom stereocenters. The van der Waals surface area contributed by atoms with Gasteiger partial charge in [-0.1, -0.05) is 24.6 Å². The zero-order valence-electron chi connectivity index (χ0n) is 23.1. The van der Waals surface area contributed by atoms with Gasteiger partial charge in [0.1, 0.15) is 6.61 Å². The summed E-state index contributed by atoms with van der Waals surface area (Å²) < 4.78 is 20.6. The molecule has 0 spiro atoms. The third kappa shape index (κ3) is 7.41. The van der Waals surface area contributed by atoms with E-state index in [4.69, 9.17) is 14.2 Å². The lowest BCUT2D eigenvalue weighted by atomic mass is 9.91. The molecule has 2 fully saturated rings. The highest BCUT2D eigenvalue weighted by molar-refractivity contribution is 5.28. The predicted molar refractivity (Wildman–Crippen MR) is 142 cm³/mol. The average Bonchev–Trinajstić information content (AvgIpc) is 3.16. The SMILES string of the molecule is CCC1CC(OCC2=C(C)CCC=C2)CC(C)N1CC(O)Cn1nc(COC2CCCCO2)n(C)c1=O. The van der Waals surface area contributed by atoms with Crippen molar-refractivity contribution >= 4 is 0 Å². The zero-order valence-corrected chi connectivity index (χ0v) is 23.1. The van der Waals surface area contributed by atoms with Crippen molar-refractivity contribution in [1.82, 2.24) is 19.2 Å². The molecule has 0 aromatic carbocycles. The summed E-state index contributed by atoms with van der Waals surface area (Å²) >= 11 is 0. The van der Waals surface area contributed by atoms with Crippen LogP contribution in [0.3, 0.4) is 0 Å². The van der Waals surface area contributed by atoms with Crippen LogP contribution in [0.5, 0.6) is 0 Å².